The molecule has 1 unspecified atom stereocenters. The maximum absolute atomic E-state index is 12.2. The van der Waals surface area contributed by atoms with Gasteiger partial charge >= 0.3 is 5.97 Å². The molecule has 1 rings (SSSR count). The van der Waals surface area contributed by atoms with Crippen LogP contribution in [0, 0.1) is 6.92 Å². The van der Waals surface area contributed by atoms with Crippen molar-refractivity contribution in [2.45, 2.75) is 58.9 Å². The van der Waals surface area contributed by atoms with Crippen LogP contribution in [0.3, 0.4) is 0 Å². The number of carbonyl (C=O) groups excluding carboxylic acids is 1. The van der Waals surface area contributed by atoms with Gasteiger partial charge in [0, 0.05) is 5.41 Å². The summed E-state index contributed by atoms with van der Waals surface area (Å²) in [5, 5.41) is 11.4. The Hall–Kier alpha value is -2.18. The van der Waals surface area contributed by atoms with Crippen LogP contribution in [0.1, 0.15) is 62.4 Å². The Labute approximate surface area is 129 Å². The predicted molar refractivity (Wildman–Crippen MR) is 82.1 cm³/mol. The number of carboxylic acids is 1. The third-order valence-corrected chi connectivity index (χ3v) is 3.22. The highest BCUT2D eigenvalue weighted by atomic mass is 16.4. The number of nitrogens with one attached hydrogen (secondary N) is 2. The zero-order chi connectivity index (χ0) is 17.1. The van der Waals surface area contributed by atoms with E-state index < -0.39 is 23.5 Å². The number of hydrogen-bond acceptors (Lipinski definition) is 4. The minimum atomic E-state index is -1.12. The van der Waals surface area contributed by atoms with Crippen molar-refractivity contribution in [3.05, 3.63) is 27.4 Å². The number of H-pyrrole nitrogens is 1. The summed E-state index contributed by atoms with van der Waals surface area (Å²) < 4.78 is 0. The van der Waals surface area contributed by atoms with E-state index in [2.05, 4.69) is 15.3 Å². The monoisotopic (exact) mass is 309 g/mol. The summed E-state index contributed by atoms with van der Waals surface area (Å²) in [6.45, 7) is 9.07. The number of carboxylic acid groups (broad SMARTS) is 1. The Balaban J connectivity index is 3.14. The first-order chi connectivity index (χ1) is 10.1. The molecule has 0 aliphatic heterocycles. The van der Waals surface area contributed by atoms with Crippen molar-refractivity contribution in [2.24, 2.45) is 0 Å². The van der Waals surface area contributed by atoms with E-state index in [0.29, 0.717) is 18.7 Å². The Morgan fingerprint density at radius 2 is 1.95 bits per heavy atom. The van der Waals surface area contributed by atoms with Crippen LogP contribution in [0.5, 0.6) is 0 Å². The first kappa shape index (κ1) is 17.9. The largest absolute Gasteiger partial charge is 0.480 e. The van der Waals surface area contributed by atoms with E-state index in [1.165, 1.54) is 0 Å². The number of hydrogen-bond donors (Lipinski definition) is 3. The molecular formula is C15H23N3O4. The zero-order valence-corrected chi connectivity index (χ0v) is 13.6. The van der Waals surface area contributed by atoms with Gasteiger partial charge in [0.2, 0.25) is 0 Å². The first-order valence-electron chi connectivity index (χ1n) is 7.23. The van der Waals surface area contributed by atoms with E-state index in [0.717, 1.165) is 0 Å². The van der Waals surface area contributed by atoms with E-state index in [1.54, 1.807) is 6.92 Å². The van der Waals surface area contributed by atoms with Crippen LogP contribution < -0.4 is 10.9 Å². The summed E-state index contributed by atoms with van der Waals surface area (Å²) in [5.41, 5.74) is -0.775. The summed E-state index contributed by atoms with van der Waals surface area (Å²) in [5.74, 6) is -1.36. The number of carbonyl (C=O) groups is 2. The molecule has 0 bridgehead atoms. The molecule has 0 saturated heterocycles. The van der Waals surface area contributed by atoms with Crippen molar-refractivity contribution in [3.8, 4) is 0 Å². The molecule has 7 heteroatoms. The number of aromatic nitrogens is 2. The standard InChI is InChI=1S/C15H23N3O4/c1-6-7-9(13(21)22)17-11(19)10-8(2)16-14(15(3,4)5)18-12(10)20/h9H,6-7H2,1-5H3,(H,17,19)(H,21,22)(H,16,18,20). The fourth-order valence-corrected chi connectivity index (χ4v) is 1.98. The van der Waals surface area contributed by atoms with Gasteiger partial charge in [-0.25, -0.2) is 9.78 Å². The second kappa shape index (κ2) is 6.72. The van der Waals surface area contributed by atoms with Gasteiger partial charge in [-0.15, -0.1) is 0 Å². The molecule has 122 valence electrons. The predicted octanol–water partition coefficient (Wildman–Crippen LogP) is 1.36. The van der Waals surface area contributed by atoms with Gasteiger partial charge in [0.15, 0.2) is 0 Å². The van der Waals surface area contributed by atoms with Gasteiger partial charge in [0.05, 0.1) is 5.69 Å². The number of amides is 1. The van der Waals surface area contributed by atoms with Crippen LogP contribution in [0.25, 0.3) is 0 Å². The summed E-state index contributed by atoms with van der Waals surface area (Å²) in [7, 11) is 0. The number of rotatable bonds is 5. The lowest BCUT2D eigenvalue weighted by Gasteiger charge is -2.19. The maximum atomic E-state index is 12.2. The molecule has 0 aliphatic rings. The summed E-state index contributed by atoms with van der Waals surface area (Å²) in [4.78, 5) is 42.3. The molecule has 22 heavy (non-hydrogen) atoms. The number of nitrogens with zero attached hydrogens (tertiary/aromatic N) is 1. The molecule has 3 N–H and O–H groups in total. The SMILES string of the molecule is CCCC(NC(=O)c1c(C)nc(C(C)(C)C)[nH]c1=O)C(=O)O. The van der Waals surface area contributed by atoms with Crippen LogP contribution >= 0.6 is 0 Å². The molecule has 1 aromatic rings. The topological polar surface area (TPSA) is 112 Å². The van der Waals surface area contributed by atoms with E-state index in [4.69, 9.17) is 5.11 Å². The Kier molecular flexibility index (Phi) is 5.46. The maximum Gasteiger partial charge on any atom is 0.326 e. The molecule has 1 atom stereocenters. The van der Waals surface area contributed by atoms with Crippen molar-refractivity contribution < 1.29 is 14.7 Å². The molecule has 0 aliphatic carbocycles. The Morgan fingerprint density at radius 3 is 2.36 bits per heavy atom. The van der Waals surface area contributed by atoms with Crippen LogP contribution in [0.4, 0.5) is 0 Å². The molecule has 0 fully saturated rings. The quantitative estimate of drug-likeness (QED) is 0.760. The molecule has 0 radical (unpaired) electrons. The number of aliphatic carboxylic acids is 1. The number of aryl methyl sites for hydroxylation is 1. The molecule has 7 nitrogen and oxygen atoms in total. The van der Waals surface area contributed by atoms with Gasteiger partial charge in [-0.05, 0) is 13.3 Å². The van der Waals surface area contributed by atoms with Gasteiger partial charge < -0.3 is 15.4 Å². The summed E-state index contributed by atoms with van der Waals surface area (Å²) in [6.07, 6.45) is 0.902. The third-order valence-electron chi connectivity index (χ3n) is 3.22. The highest BCUT2D eigenvalue weighted by Crippen LogP contribution is 2.17. The van der Waals surface area contributed by atoms with Crippen LogP contribution in [0.2, 0.25) is 0 Å². The smallest absolute Gasteiger partial charge is 0.326 e. The molecule has 1 amide bonds. The van der Waals surface area contributed by atoms with Crippen molar-refractivity contribution in [1.82, 2.24) is 15.3 Å². The van der Waals surface area contributed by atoms with Crippen molar-refractivity contribution in [1.29, 1.82) is 0 Å². The lowest BCUT2D eigenvalue weighted by atomic mass is 9.95. The van der Waals surface area contributed by atoms with Gasteiger partial charge in [-0.3, -0.25) is 9.59 Å². The molecule has 0 saturated carbocycles. The molecule has 1 aromatic heterocycles. The minimum Gasteiger partial charge on any atom is -0.480 e. The highest BCUT2D eigenvalue weighted by Gasteiger charge is 2.25. The molecule has 1 heterocycles. The Bertz CT molecular complexity index is 629. The Morgan fingerprint density at radius 1 is 1.36 bits per heavy atom. The van der Waals surface area contributed by atoms with Crippen LogP contribution in [-0.2, 0) is 10.2 Å². The fourth-order valence-electron chi connectivity index (χ4n) is 1.98. The average Bonchev–Trinajstić information content (AvgIpc) is 2.36. The van der Waals surface area contributed by atoms with Crippen LogP contribution in [0.15, 0.2) is 4.79 Å². The molecular weight excluding hydrogens is 286 g/mol. The van der Waals surface area contributed by atoms with Gasteiger partial charge in [-0.1, -0.05) is 34.1 Å². The summed E-state index contributed by atoms with van der Waals surface area (Å²) >= 11 is 0. The number of aromatic amines is 1. The highest BCUT2D eigenvalue weighted by molar-refractivity contribution is 5.97. The van der Waals surface area contributed by atoms with Gasteiger partial charge in [0.25, 0.3) is 11.5 Å². The van der Waals surface area contributed by atoms with Crippen molar-refractivity contribution >= 4 is 11.9 Å². The lowest BCUT2D eigenvalue weighted by molar-refractivity contribution is -0.139. The third kappa shape index (κ3) is 4.16. The van der Waals surface area contributed by atoms with Crippen molar-refractivity contribution in [2.75, 3.05) is 0 Å². The van der Waals surface area contributed by atoms with Crippen molar-refractivity contribution in [3.63, 3.8) is 0 Å². The normalized spacial score (nSPS) is 12.8. The molecule has 0 aromatic carbocycles. The average molecular weight is 309 g/mol. The van der Waals surface area contributed by atoms with E-state index in [1.807, 2.05) is 27.7 Å². The second-order valence-corrected chi connectivity index (χ2v) is 6.28. The van der Waals surface area contributed by atoms with E-state index >= 15 is 0 Å². The molecule has 0 spiro atoms. The van der Waals surface area contributed by atoms with Gasteiger partial charge in [-0.2, -0.15) is 0 Å². The van der Waals surface area contributed by atoms with E-state index in [9.17, 15) is 14.4 Å². The zero-order valence-electron chi connectivity index (χ0n) is 13.6. The minimum absolute atomic E-state index is 0.143. The summed E-state index contributed by atoms with van der Waals surface area (Å²) in [6, 6.07) is -1.02. The van der Waals surface area contributed by atoms with E-state index in [-0.39, 0.29) is 16.7 Å². The van der Waals surface area contributed by atoms with Crippen LogP contribution in [-0.4, -0.2) is 33.0 Å². The lowest BCUT2D eigenvalue weighted by Crippen LogP contribution is -2.43. The van der Waals surface area contributed by atoms with Gasteiger partial charge in [0.1, 0.15) is 17.4 Å². The first-order valence-corrected chi connectivity index (χ1v) is 7.23. The second-order valence-electron chi connectivity index (χ2n) is 6.28. The fraction of sp³-hybridized carbons (Fsp3) is 0.600.